The van der Waals surface area contributed by atoms with Gasteiger partial charge in [0.05, 0.1) is 25.7 Å². The predicted molar refractivity (Wildman–Crippen MR) is 89.5 cm³/mol. The smallest absolute Gasteiger partial charge is 0.328 e. The molecule has 0 aliphatic heterocycles. The molecule has 14 heteroatoms. The summed E-state index contributed by atoms with van der Waals surface area (Å²) in [5, 5.41) is 51.0. The van der Waals surface area contributed by atoms with E-state index >= 15 is 0 Å². The number of hydrogen-bond donors (Lipinski definition) is 9. The molecule has 0 bridgehead atoms. The van der Waals surface area contributed by atoms with Crippen LogP contribution >= 0.6 is 0 Å². The van der Waals surface area contributed by atoms with E-state index in [1.807, 2.05) is 16.0 Å². The standard InChI is InChI=1S/C14H24N4O10/c1-5(21)10(18-11(24)6(15)3-19)13(26)16-7(2-9(22)23)12(25)17-8(4-20)14(27)28/h5-8,10,19-21H,2-4,15H2,1H3,(H,16,26)(H,17,25)(H,18,24)(H,22,23)(H,27,28). The molecule has 0 saturated carbocycles. The molecule has 0 aromatic heterocycles. The van der Waals surface area contributed by atoms with Crippen LogP contribution in [-0.4, -0.2) is 98.7 Å². The number of hydrogen-bond acceptors (Lipinski definition) is 9. The first kappa shape index (κ1) is 25.2. The summed E-state index contributed by atoms with van der Waals surface area (Å²) in [6.45, 7) is -0.616. The van der Waals surface area contributed by atoms with Gasteiger partial charge in [-0.05, 0) is 6.92 Å². The van der Waals surface area contributed by atoms with Crippen molar-refractivity contribution in [1.29, 1.82) is 0 Å². The van der Waals surface area contributed by atoms with Gasteiger partial charge in [0.15, 0.2) is 0 Å². The predicted octanol–water partition coefficient (Wildman–Crippen LogP) is -5.31. The first-order valence-corrected chi connectivity index (χ1v) is 7.95. The van der Waals surface area contributed by atoms with Crippen molar-refractivity contribution in [2.24, 2.45) is 5.73 Å². The fraction of sp³-hybridized carbons (Fsp3) is 0.643. The minimum absolute atomic E-state index is 0.748. The summed E-state index contributed by atoms with van der Waals surface area (Å²) in [5.41, 5.74) is 5.28. The molecule has 5 atom stereocenters. The highest BCUT2D eigenvalue weighted by atomic mass is 16.4. The maximum absolute atomic E-state index is 12.3. The van der Waals surface area contributed by atoms with E-state index in [0.717, 1.165) is 6.92 Å². The second kappa shape index (κ2) is 11.8. The van der Waals surface area contributed by atoms with E-state index in [1.165, 1.54) is 0 Å². The van der Waals surface area contributed by atoms with Crippen molar-refractivity contribution in [1.82, 2.24) is 16.0 Å². The van der Waals surface area contributed by atoms with Crippen molar-refractivity contribution in [3.05, 3.63) is 0 Å². The normalized spacial score (nSPS) is 16.0. The van der Waals surface area contributed by atoms with E-state index < -0.39 is 79.6 Å². The van der Waals surface area contributed by atoms with Crippen molar-refractivity contribution in [3.8, 4) is 0 Å². The highest BCUT2D eigenvalue weighted by molar-refractivity contribution is 5.95. The van der Waals surface area contributed by atoms with Crippen molar-refractivity contribution in [3.63, 3.8) is 0 Å². The Labute approximate surface area is 158 Å². The molecule has 0 rings (SSSR count). The molecule has 0 aromatic rings. The molecule has 0 aromatic carbocycles. The van der Waals surface area contributed by atoms with Crippen LogP contribution in [0.5, 0.6) is 0 Å². The first-order valence-electron chi connectivity index (χ1n) is 7.95. The minimum atomic E-state index is -1.77. The molecule has 0 spiro atoms. The second-order valence-corrected chi connectivity index (χ2v) is 5.76. The molecule has 0 fully saturated rings. The molecule has 160 valence electrons. The molecular formula is C14H24N4O10. The van der Waals surface area contributed by atoms with E-state index in [-0.39, 0.29) is 0 Å². The lowest BCUT2D eigenvalue weighted by atomic mass is 10.1. The highest BCUT2D eigenvalue weighted by Crippen LogP contribution is 2.00. The fourth-order valence-corrected chi connectivity index (χ4v) is 1.85. The van der Waals surface area contributed by atoms with E-state index in [4.69, 9.17) is 26.2 Å². The quantitative estimate of drug-likeness (QED) is 0.147. The molecule has 10 N–H and O–H groups in total. The van der Waals surface area contributed by atoms with Crippen LogP contribution in [-0.2, 0) is 24.0 Å². The van der Waals surface area contributed by atoms with Crippen LogP contribution in [0.25, 0.3) is 0 Å². The summed E-state index contributed by atoms with van der Waals surface area (Å²) in [6, 6.07) is -6.56. The van der Waals surface area contributed by atoms with Gasteiger partial charge < -0.3 is 47.2 Å². The van der Waals surface area contributed by atoms with Crippen LogP contribution in [0.15, 0.2) is 0 Å². The van der Waals surface area contributed by atoms with Gasteiger partial charge in [-0.2, -0.15) is 0 Å². The number of nitrogens with one attached hydrogen (secondary N) is 3. The molecule has 0 radical (unpaired) electrons. The number of aliphatic carboxylic acids is 2. The van der Waals surface area contributed by atoms with Crippen molar-refractivity contribution >= 4 is 29.7 Å². The number of amides is 3. The number of aliphatic hydroxyl groups is 3. The van der Waals surface area contributed by atoms with Crippen LogP contribution < -0.4 is 21.7 Å². The van der Waals surface area contributed by atoms with Gasteiger partial charge in [-0.1, -0.05) is 0 Å². The Morgan fingerprint density at radius 2 is 1.39 bits per heavy atom. The molecule has 0 aliphatic carbocycles. The maximum Gasteiger partial charge on any atom is 0.328 e. The molecule has 3 amide bonds. The van der Waals surface area contributed by atoms with Gasteiger partial charge >= 0.3 is 11.9 Å². The molecule has 0 saturated heterocycles. The SMILES string of the molecule is CC(O)C(NC(=O)C(N)CO)C(=O)NC(CC(=O)O)C(=O)NC(CO)C(=O)O. The van der Waals surface area contributed by atoms with E-state index in [2.05, 4.69) is 0 Å². The van der Waals surface area contributed by atoms with E-state index in [9.17, 15) is 29.1 Å². The molecule has 0 aliphatic rings. The van der Waals surface area contributed by atoms with E-state index in [1.54, 1.807) is 0 Å². The lowest BCUT2D eigenvalue weighted by Gasteiger charge is -2.25. The average molecular weight is 408 g/mol. The Bertz CT molecular complexity index is 597. The van der Waals surface area contributed by atoms with Crippen LogP contribution in [0.1, 0.15) is 13.3 Å². The number of carboxylic acids is 2. The largest absolute Gasteiger partial charge is 0.481 e. The van der Waals surface area contributed by atoms with Crippen molar-refractivity contribution in [2.45, 2.75) is 43.6 Å². The maximum atomic E-state index is 12.3. The Morgan fingerprint density at radius 1 is 0.857 bits per heavy atom. The number of carbonyl (C=O) groups excluding carboxylic acids is 3. The van der Waals surface area contributed by atoms with Crippen LogP contribution in [0.2, 0.25) is 0 Å². The Balaban J connectivity index is 5.34. The molecular weight excluding hydrogens is 384 g/mol. The van der Waals surface area contributed by atoms with Crippen LogP contribution in [0.3, 0.4) is 0 Å². The van der Waals surface area contributed by atoms with Gasteiger partial charge in [0.2, 0.25) is 17.7 Å². The Hall–Kier alpha value is -2.81. The molecule has 0 heterocycles. The summed E-state index contributed by atoms with van der Waals surface area (Å²) < 4.78 is 0. The van der Waals surface area contributed by atoms with Crippen LogP contribution in [0.4, 0.5) is 0 Å². The summed E-state index contributed by atoms with van der Waals surface area (Å²) in [5.74, 6) is -6.49. The third-order valence-corrected chi connectivity index (χ3v) is 3.40. The fourth-order valence-electron chi connectivity index (χ4n) is 1.85. The van der Waals surface area contributed by atoms with Crippen molar-refractivity contribution < 1.29 is 49.5 Å². The lowest BCUT2D eigenvalue weighted by molar-refractivity contribution is -0.144. The lowest BCUT2D eigenvalue weighted by Crippen LogP contribution is -2.60. The minimum Gasteiger partial charge on any atom is -0.481 e. The zero-order valence-electron chi connectivity index (χ0n) is 14.9. The zero-order valence-corrected chi connectivity index (χ0v) is 14.9. The average Bonchev–Trinajstić information content (AvgIpc) is 2.61. The zero-order chi connectivity index (χ0) is 22.0. The number of carbonyl (C=O) groups is 5. The summed E-state index contributed by atoms with van der Waals surface area (Å²) >= 11 is 0. The highest BCUT2D eigenvalue weighted by Gasteiger charge is 2.33. The summed E-state index contributed by atoms with van der Waals surface area (Å²) in [4.78, 5) is 57.9. The monoisotopic (exact) mass is 408 g/mol. The topological polar surface area (TPSA) is 249 Å². The summed E-state index contributed by atoms with van der Waals surface area (Å²) in [6.07, 6.45) is -2.45. The van der Waals surface area contributed by atoms with Gasteiger partial charge in [-0.3, -0.25) is 19.2 Å². The van der Waals surface area contributed by atoms with Gasteiger partial charge in [0.1, 0.15) is 24.2 Å². The summed E-state index contributed by atoms with van der Waals surface area (Å²) in [7, 11) is 0. The van der Waals surface area contributed by atoms with E-state index in [0.29, 0.717) is 0 Å². The molecule has 14 nitrogen and oxygen atoms in total. The second-order valence-electron chi connectivity index (χ2n) is 5.76. The molecule has 28 heavy (non-hydrogen) atoms. The number of aliphatic hydroxyl groups excluding tert-OH is 3. The van der Waals surface area contributed by atoms with Crippen LogP contribution in [0, 0.1) is 0 Å². The van der Waals surface area contributed by atoms with Crippen molar-refractivity contribution in [2.75, 3.05) is 13.2 Å². The number of nitrogens with two attached hydrogens (primary N) is 1. The van der Waals surface area contributed by atoms with Gasteiger partial charge in [-0.25, -0.2) is 4.79 Å². The van der Waals surface area contributed by atoms with Gasteiger partial charge in [0, 0.05) is 0 Å². The number of rotatable bonds is 12. The third kappa shape index (κ3) is 8.26. The Kier molecular flexibility index (Phi) is 10.6. The third-order valence-electron chi connectivity index (χ3n) is 3.40. The van der Waals surface area contributed by atoms with Gasteiger partial charge in [-0.15, -0.1) is 0 Å². The van der Waals surface area contributed by atoms with Gasteiger partial charge in [0.25, 0.3) is 0 Å². The first-order chi connectivity index (χ1) is 12.9. The number of carboxylic acid groups (broad SMARTS) is 2. The molecule has 5 unspecified atom stereocenters. The Morgan fingerprint density at radius 3 is 1.79 bits per heavy atom.